The van der Waals surface area contributed by atoms with Gasteiger partial charge >= 0.3 is 0 Å². The van der Waals surface area contributed by atoms with Crippen LogP contribution in [-0.4, -0.2) is 33.5 Å². The van der Waals surface area contributed by atoms with Crippen molar-refractivity contribution in [2.24, 2.45) is 0 Å². The maximum atomic E-state index is 5.36. The first-order valence-electron chi connectivity index (χ1n) is 6.52. The Hall–Kier alpha value is -2.37. The molecule has 1 heterocycles. The quantitative estimate of drug-likeness (QED) is 0.816. The van der Waals surface area contributed by atoms with Crippen LogP contribution in [0.25, 0.3) is 0 Å². The molecule has 21 heavy (non-hydrogen) atoms. The van der Waals surface area contributed by atoms with E-state index in [9.17, 15) is 0 Å². The number of aryl methyl sites for hydroxylation is 1. The molecule has 6 nitrogen and oxygen atoms in total. The normalized spacial score (nSPS) is 10.3. The van der Waals surface area contributed by atoms with Gasteiger partial charge in [0.1, 0.15) is 0 Å². The largest absolute Gasteiger partial charge is 0.493 e. The molecule has 1 aromatic heterocycles. The molecule has 0 bridgehead atoms. The third-order valence-electron chi connectivity index (χ3n) is 3.16. The molecule has 6 heteroatoms. The van der Waals surface area contributed by atoms with Crippen LogP contribution in [0.3, 0.4) is 0 Å². The minimum Gasteiger partial charge on any atom is -0.493 e. The Kier molecular flexibility index (Phi) is 4.57. The standard InChI is InChI=1S/C15H20N2O4/c1-10-6-12(21-16-10)9-17(2)11-7-13(18-3)15(20-5)14(8-11)19-4/h6-8H,9H2,1-5H3. The van der Waals surface area contributed by atoms with E-state index in [0.717, 1.165) is 17.1 Å². The summed E-state index contributed by atoms with van der Waals surface area (Å²) in [5, 5.41) is 3.89. The number of hydrogen-bond acceptors (Lipinski definition) is 6. The summed E-state index contributed by atoms with van der Waals surface area (Å²) < 4.78 is 21.3. The van der Waals surface area contributed by atoms with Crippen LogP contribution in [0.5, 0.6) is 17.2 Å². The Morgan fingerprint density at radius 1 is 1.05 bits per heavy atom. The molecule has 0 fully saturated rings. The van der Waals surface area contributed by atoms with Crippen LogP contribution in [0, 0.1) is 6.92 Å². The summed E-state index contributed by atoms with van der Waals surface area (Å²) in [6, 6.07) is 5.70. The number of hydrogen-bond donors (Lipinski definition) is 0. The van der Waals surface area contributed by atoms with E-state index in [1.165, 1.54) is 0 Å². The van der Waals surface area contributed by atoms with Crippen molar-refractivity contribution in [2.75, 3.05) is 33.3 Å². The van der Waals surface area contributed by atoms with Gasteiger partial charge in [0, 0.05) is 30.9 Å². The van der Waals surface area contributed by atoms with Gasteiger partial charge in [-0.15, -0.1) is 0 Å². The van der Waals surface area contributed by atoms with Crippen LogP contribution in [0.15, 0.2) is 22.7 Å². The Labute approximate surface area is 124 Å². The second kappa shape index (κ2) is 6.39. The molecule has 0 aliphatic rings. The highest BCUT2D eigenvalue weighted by atomic mass is 16.5. The first kappa shape index (κ1) is 15.0. The lowest BCUT2D eigenvalue weighted by atomic mass is 10.2. The lowest BCUT2D eigenvalue weighted by Crippen LogP contribution is -2.16. The highest BCUT2D eigenvalue weighted by Crippen LogP contribution is 2.41. The van der Waals surface area contributed by atoms with E-state index in [1.807, 2.05) is 37.1 Å². The van der Waals surface area contributed by atoms with Crippen LogP contribution in [0.2, 0.25) is 0 Å². The number of nitrogens with zero attached hydrogens (tertiary/aromatic N) is 2. The van der Waals surface area contributed by atoms with Gasteiger partial charge in [-0.2, -0.15) is 0 Å². The summed E-state index contributed by atoms with van der Waals surface area (Å²) in [6.45, 7) is 2.49. The van der Waals surface area contributed by atoms with E-state index in [2.05, 4.69) is 5.16 Å². The Morgan fingerprint density at radius 3 is 2.10 bits per heavy atom. The molecule has 0 aliphatic carbocycles. The predicted octanol–water partition coefficient (Wildman–Crippen LogP) is 2.65. The molecule has 114 valence electrons. The SMILES string of the molecule is COc1cc(N(C)Cc2cc(C)no2)cc(OC)c1OC. The fourth-order valence-electron chi connectivity index (χ4n) is 2.10. The van der Waals surface area contributed by atoms with Crippen LogP contribution < -0.4 is 19.1 Å². The van der Waals surface area contributed by atoms with Crippen molar-refractivity contribution in [1.82, 2.24) is 5.16 Å². The zero-order valence-electron chi connectivity index (χ0n) is 13.0. The van der Waals surface area contributed by atoms with Gasteiger partial charge in [-0.3, -0.25) is 0 Å². The van der Waals surface area contributed by atoms with E-state index >= 15 is 0 Å². The molecule has 1 aromatic carbocycles. The van der Waals surface area contributed by atoms with Gasteiger partial charge in [0.05, 0.1) is 33.6 Å². The molecule has 0 spiro atoms. The number of methoxy groups -OCH3 is 3. The second-order valence-corrected chi connectivity index (χ2v) is 4.67. The molecule has 0 saturated carbocycles. The summed E-state index contributed by atoms with van der Waals surface area (Å²) in [4.78, 5) is 2.02. The smallest absolute Gasteiger partial charge is 0.203 e. The third-order valence-corrected chi connectivity index (χ3v) is 3.16. The van der Waals surface area contributed by atoms with Gasteiger partial charge in [0.2, 0.25) is 5.75 Å². The Balaban J connectivity index is 2.30. The summed E-state index contributed by atoms with van der Waals surface area (Å²) in [7, 11) is 6.74. The van der Waals surface area contributed by atoms with Crippen molar-refractivity contribution in [2.45, 2.75) is 13.5 Å². The Morgan fingerprint density at radius 2 is 1.67 bits per heavy atom. The number of benzene rings is 1. The maximum absolute atomic E-state index is 5.36. The minimum absolute atomic E-state index is 0.577. The molecule has 0 saturated heterocycles. The highest BCUT2D eigenvalue weighted by Gasteiger charge is 2.16. The molecule has 0 radical (unpaired) electrons. The van der Waals surface area contributed by atoms with Crippen molar-refractivity contribution < 1.29 is 18.7 Å². The molecule has 0 atom stereocenters. The fraction of sp³-hybridized carbons (Fsp3) is 0.400. The molecule has 0 amide bonds. The first-order valence-corrected chi connectivity index (χ1v) is 6.52. The van der Waals surface area contributed by atoms with E-state index < -0.39 is 0 Å². The summed E-state index contributed by atoms with van der Waals surface area (Å²) >= 11 is 0. The topological polar surface area (TPSA) is 57.0 Å². The van der Waals surface area contributed by atoms with Crippen molar-refractivity contribution >= 4 is 5.69 Å². The van der Waals surface area contributed by atoms with Crippen molar-refractivity contribution in [3.63, 3.8) is 0 Å². The predicted molar refractivity (Wildman–Crippen MR) is 79.4 cm³/mol. The van der Waals surface area contributed by atoms with Gasteiger partial charge in [-0.25, -0.2) is 0 Å². The van der Waals surface area contributed by atoms with Gasteiger partial charge in [-0.1, -0.05) is 5.16 Å². The number of rotatable bonds is 6. The zero-order chi connectivity index (χ0) is 15.4. The van der Waals surface area contributed by atoms with Crippen LogP contribution in [-0.2, 0) is 6.54 Å². The second-order valence-electron chi connectivity index (χ2n) is 4.67. The van der Waals surface area contributed by atoms with Gasteiger partial charge in [-0.05, 0) is 6.92 Å². The molecule has 2 rings (SSSR count). The molecule has 2 aromatic rings. The first-order chi connectivity index (χ1) is 10.1. The maximum Gasteiger partial charge on any atom is 0.203 e. The average molecular weight is 292 g/mol. The summed E-state index contributed by atoms with van der Waals surface area (Å²) in [6.07, 6.45) is 0. The summed E-state index contributed by atoms with van der Waals surface area (Å²) in [5.74, 6) is 2.61. The molecule has 0 unspecified atom stereocenters. The molecule has 0 aliphatic heterocycles. The van der Waals surface area contributed by atoms with Crippen molar-refractivity contribution in [3.8, 4) is 17.2 Å². The molecule has 0 N–H and O–H groups in total. The van der Waals surface area contributed by atoms with Gasteiger partial charge in [0.15, 0.2) is 17.3 Å². The van der Waals surface area contributed by atoms with E-state index in [0.29, 0.717) is 23.8 Å². The average Bonchev–Trinajstić information content (AvgIpc) is 2.90. The highest BCUT2D eigenvalue weighted by molar-refractivity contribution is 5.63. The van der Waals surface area contributed by atoms with Crippen LogP contribution in [0.4, 0.5) is 5.69 Å². The zero-order valence-corrected chi connectivity index (χ0v) is 13.0. The van der Waals surface area contributed by atoms with E-state index in [-0.39, 0.29) is 0 Å². The Bertz CT molecular complexity index is 584. The number of aromatic nitrogens is 1. The van der Waals surface area contributed by atoms with Crippen molar-refractivity contribution in [1.29, 1.82) is 0 Å². The van der Waals surface area contributed by atoms with Gasteiger partial charge in [0.25, 0.3) is 0 Å². The van der Waals surface area contributed by atoms with Crippen molar-refractivity contribution in [3.05, 3.63) is 29.7 Å². The van der Waals surface area contributed by atoms with Crippen LogP contribution in [0.1, 0.15) is 11.5 Å². The summed E-state index contributed by atoms with van der Waals surface area (Å²) in [5.41, 5.74) is 1.79. The number of anilines is 1. The fourth-order valence-corrected chi connectivity index (χ4v) is 2.10. The van der Waals surface area contributed by atoms with E-state index in [4.69, 9.17) is 18.7 Å². The lowest BCUT2D eigenvalue weighted by Gasteiger charge is -2.21. The van der Waals surface area contributed by atoms with Gasteiger partial charge < -0.3 is 23.6 Å². The number of ether oxygens (including phenoxy) is 3. The molecular weight excluding hydrogens is 272 g/mol. The van der Waals surface area contributed by atoms with E-state index in [1.54, 1.807) is 21.3 Å². The van der Waals surface area contributed by atoms with Crippen LogP contribution >= 0.6 is 0 Å². The minimum atomic E-state index is 0.577. The third kappa shape index (κ3) is 3.21. The molecular formula is C15H20N2O4. The monoisotopic (exact) mass is 292 g/mol. The lowest BCUT2D eigenvalue weighted by molar-refractivity contribution is 0.324.